The van der Waals surface area contributed by atoms with Crippen LogP contribution < -0.4 is 5.73 Å². The molecule has 0 spiro atoms. The van der Waals surface area contributed by atoms with Gasteiger partial charge in [0.05, 0.1) is 0 Å². The Morgan fingerprint density at radius 1 is 1.29 bits per heavy atom. The van der Waals surface area contributed by atoms with Crippen molar-refractivity contribution < 1.29 is 0 Å². The molecule has 1 aromatic carbocycles. The Hall–Kier alpha value is -0.820. The van der Waals surface area contributed by atoms with Crippen molar-refractivity contribution in [2.75, 3.05) is 6.54 Å². The molecule has 2 rings (SSSR count). The van der Waals surface area contributed by atoms with Gasteiger partial charge in [-0.3, -0.25) is 0 Å². The van der Waals surface area contributed by atoms with E-state index >= 15 is 0 Å². The van der Waals surface area contributed by atoms with Crippen LogP contribution in [0.3, 0.4) is 0 Å². The fourth-order valence-electron chi connectivity index (χ4n) is 2.94. The van der Waals surface area contributed by atoms with E-state index in [0.29, 0.717) is 11.3 Å². The standard InChI is InChI=1S/C16H25N/c1-4-13-6-7-14(12(2)3)10-15(13)16(11-17)8-5-9-16/h6-7,10,12H,4-5,8-9,11,17H2,1-3H3. The second kappa shape index (κ2) is 4.81. The molecule has 0 aliphatic heterocycles. The molecule has 1 saturated carbocycles. The summed E-state index contributed by atoms with van der Waals surface area (Å²) in [6.07, 6.45) is 5.01. The zero-order valence-electron chi connectivity index (χ0n) is 11.4. The number of nitrogens with two attached hydrogens (primary N) is 1. The van der Waals surface area contributed by atoms with Gasteiger partial charge in [0.2, 0.25) is 0 Å². The topological polar surface area (TPSA) is 26.0 Å². The van der Waals surface area contributed by atoms with Gasteiger partial charge >= 0.3 is 0 Å². The van der Waals surface area contributed by atoms with E-state index in [1.165, 1.54) is 30.4 Å². The highest BCUT2D eigenvalue weighted by molar-refractivity contribution is 5.40. The van der Waals surface area contributed by atoms with Crippen LogP contribution in [0.4, 0.5) is 0 Å². The minimum Gasteiger partial charge on any atom is -0.330 e. The molecule has 0 unspecified atom stereocenters. The number of hydrogen-bond donors (Lipinski definition) is 1. The summed E-state index contributed by atoms with van der Waals surface area (Å²) < 4.78 is 0. The number of benzene rings is 1. The van der Waals surface area contributed by atoms with E-state index in [1.807, 2.05) is 0 Å². The van der Waals surface area contributed by atoms with Crippen molar-refractivity contribution >= 4 is 0 Å². The van der Waals surface area contributed by atoms with Crippen LogP contribution >= 0.6 is 0 Å². The molecule has 94 valence electrons. The summed E-state index contributed by atoms with van der Waals surface area (Å²) in [5.41, 5.74) is 10.8. The molecule has 1 heteroatoms. The summed E-state index contributed by atoms with van der Waals surface area (Å²) in [4.78, 5) is 0. The minimum atomic E-state index is 0.302. The van der Waals surface area contributed by atoms with Crippen LogP contribution in [0.2, 0.25) is 0 Å². The van der Waals surface area contributed by atoms with E-state index in [1.54, 1.807) is 5.56 Å². The lowest BCUT2D eigenvalue weighted by Crippen LogP contribution is -2.42. The van der Waals surface area contributed by atoms with Gasteiger partial charge in [0, 0.05) is 12.0 Å². The van der Waals surface area contributed by atoms with Gasteiger partial charge in [-0.05, 0) is 41.9 Å². The maximum atomic E-state index is 6.05. The van der Waals surface area contributed by atoms with E-state index in [9.17, 15) is 0 Å². The van der Waals surface area contributed by atoms with Crippen molar-refractivity contribution in [3.05, 3.63) is 34.9 Å². The fraction of sp³-hybridized carbons (Fsp3) is 0.625. The first-order valence-corrected chi connectivity index (χ1v) is 6.96. The van der Waals surface area contributed by atoms with Crippen LogP contribution in [-0.2, 0) is 11.8 Å². The molecule has 1 nitrogen and oxygen atoms in total. The zero-order chi connectivity index (χ0) is 12.5. The average molecular weight is 231 g/mol. The van der Waals surface area contributed by atoms with Crippen molar-refractivity contribution in [2.24, 2.45) is 5.73 Å². The Morgan fingerprint density at radius 2 is 2.00 bits per heavy atom. The monoisotopic (exact) mass is 231 g/mol. The van der Waals surface area contributed by atoms with Crippen LogP contribution in [-0.4, -0.2) is 6.54 Å². The molecule has 17 heavy (non-hydrogen) atoms. The first-order valence-electron chi connectivity index (χ1n) is 6.96. The van der Waals surface area contributed by atoms with Gasteiger partial charge in [-0.25, -0.2) is 0 Å². The van der Waals surface area contributed by atoms with E-state index in [4.69, 9.17) is 5.73 Å². The summed E-state index contributed by atoms with van der Waals surface area (Å²) in [6.45, 7) is 7.58. The molecule has 1 aromatic rings. The third-order valence-corrected chi connectivity index (χ3v) is 4.45. The van der Waals surface area contributed by atoms with Gasteiger partial charge in [-0.2, -0.15) is 0 Å². The van der Waals surface area contributed by atoms with Crippen molar-refractivity contribution in [1.82, 2.24) is 0 Å². The molecule has 1 fully saturated rings. The minimum absolute atomic E-state index is 0.302. The maximum Gasteiger partial charge on any atom is 0.00784 e. The van der Waals surface area contributed by atoms with Crippen molar-refractivity contribution in [3.63, 3.8) is 0 Å². The van der Waals surface area contributed by atoms with Crippen LogP contribution in [0.25, 0.3) is 0 Å². The molecular weight excluding hydrogens is 206 g/mol. The molecule has 0 saturated heterocycles. The van der Waals surface area contributed by atoms with Gasteiger partial charge in [-0.15, -0.1) is 0 Å². The fourth-order valence-corrected chi connectivity index (χ4v) is 2.94. The Balaban J connectivity index is 2.45. The zero-order valence-corrected chi connectivity index (χ0v) is 11.4. The highest BCUT2D eigenvalue weighted by atomic mass is 14.6. The van der Waals surface area contributed by atoms with Crippen LogP contribution in [0, 0.1) is 0 Å². The van der Waals surface area contributed by atoms with Gasteiger partial charge in [-0.1, -0.05) is 45.4 Å². The third kappa shape index (κ3) is 2.13. The van der Waals surface area contributed by atoms with Gasteiger partial charge in [0.15, 0.2) is 0 Å². The summed E-state index contributed by atoms with van der Waals surface area (Å²) in [6, 6.07) is 7.03. The van der Waals surface area contributed by atoms with Crippen molar-refractivity contribution in [2.45, 2.75) is 57.8 Å². The van der Waals surface area contributed by atoms with Gasteiger partial charge in [0.25, 0.3) is 0 Å². The second-order valence-electron chi connectivity index (χ2n) is 5.76. The van der Waals surface area contributed by atoms with E-state index < -0.39 is 0 Å². The quantitative estimate of drug-likeness (QED) is 0.839. The Morgan fingerprint density at radius 3 is 2.41 bits per heavy atom. The van der Waals surface area contributed by atoms with Gasteiger partial charge in [0.1, 0.15) is 0 Å². The maximum absolute atomic E-state index is 6.05. The van der Waals surface area contributed by atoms with Crippen LogP contribution in [0.15, 0.2) is 18.2 Å². The summed E-state index contributed by atoms with van der Waals surface area (Å²) in [7, 11) is 0. The van der Waals surface area contributed by atoms with E-state index in [-0.39, 0.29) is 0 Å². The highest BCUT2D eigenvalue weighted by Gasteiger charge is 2.38. The molecule has 0 bridgehead atoms. The van der Waals surface area contributed by atoms with Crippen LogP contribution in [0.1, 0.15) is 62.6 Å². The molecule has 0 aromatic heterocycles. The third-order valence-electron chi connectivity index (χ3n) is 4.45. The Kier molecular flexibility index (Phi) is 3.58. The predicted molar refractivity (Wildman–Crippen MR) is 74.5 cm³/mol. The lowest BCUT2D eigenvalue weighted by atomic mass is 9.63. The van der Waals surface area contributed by atoms with Crippen molar-refractivity contribution in [1.29, 1.82) is 0 Å². The molecule has 0 heterocycles. The normalized spacial score (nSPS) is 18.2. The highest BCUT2D eigenvalue weighted by Crippen LogP contribution is 2.45. The summed E-state index contributed by atoms with van der Waals surface area (Å²) >= 11 is 0. The Bertz CT molecular complexity index is 383. The predicted octanol–water partition coefficient (Wildman–Crippen LogP) is 3.75. The first-order chi connectivity index (χ1) is 8.13. The first kappa shape index (κ1) is 12.6. The van der Waals surface area contributed by atoms with Crippen LogP contribution in [0.5, 0.6) is 0 Å². The number of hydrogen-bond acceptors (Lipinski definition) is 1. The summed E-state index contributed by atoms with van der Waals surface area (Å²) in [5, 5.41) is 0. The van der Waals surface area contributed by atoms with E-state index in [2.05, 4.69) is 39.0 Å². The average Bonchev–Trinajstić information content (AvgIpc) is 2.28. The molecule has 0 amide bonds. The lowest BCUT2D eigenvalue weighted by molar-refractivity contribution is 0.251. The Labute approximate surface area is 105 Å². The molecule has 1 aliphatic carbocycles. The lowest BCUT2D eigenvalue weighted by Gasteiger charge is -2.43. The van der Waals surface area contributed by atoms with E-state index in [0.717, 1.165) is 13.0 Å². The number of rotatable bonds is 4. The second-order valence-corrected chi connectivity index (χ2v) is 5.76. The molecule has 1 aliphatic rings. The molecule has 0 radical (unpaired) electrons. The molecular formula is C16H25N. The summed E-state index contributed by atoms with van der Waals surface area (Å²) in [5.74, 6) is 0.606. The van der Waals surface area contributed by atoms with Gasteiger partial charge < -0.3 is 5.73 Å². The SMILES string of the molecule is CCc1ccc(C(C)C)cc1C1(CN)CCC1. The smallest absolute Gasteiger partial charge is 0.00784 e. The largest absolute Gasteiger partial charge is 0.330 e. The molecule has 2 N–H and O–H groups in total. The van der Waals surface area contributed by atoms with Crippen molar-refractivity contribution in [3.8, 4) is 0 Å². The number of aryl methyl sites for hydroxylation is 1. The molecule has 0 atom stereocenters.